The Hall–Kier alpha value is -7.62. The molecular formula is C54H35N3. The summed E-state index contributed by atoms with van der Waals surface area (Å²) in [5.41, 5.74) is 15.5. The zero-order chi connectivity index (χ0) is 37.5. The maximum Gasteiger partial charge on any atom is 0.0641 e. The van der Waals surface area contributed by atoms with Crippen LogP contribution in [-0.4, -0.2) is 13.7 Å². The van der Waals surface area contributed by atoms with Crippen LogP contribution in [0.25, 0.3) is 105 Å². The fourth-order valence-electron chi connectivity index (χ4n) is 9.32. The van der Waals surface area contributed by atoms with Crippen LogP contribution in [-0.2, 0) is 0 Å². The summed E-state index contributed by atoms with van der Waals surface area (Å²) in [6.07, 6.45) is 0. The van der Waals surface area contributed by atoms with Crippen molar-refractivity contribution in [1.82, 2.24) is 13.7 Å². The lowest BCUT2D eigenvalue weighted by Crippen LogP contribution is -1.96. The van der Waals surface area contributed by atoms with Gasteiger partial charge in [-0.1, -0.05) is 146 Å². The minimum Gasteiger partial charge on any atom is -0.309 e. The van der Waals surface area contributed by atoms with Crippen LogP contribution in [0, 0.1) is 0 Å². The summed E-state index contributed by atoms with van der Waals surface area (Å²) in [7, 11) is 0. The third-order valence-electron chi connectivity index (χ3n) is 11.8. The largest absolute Gasteiger partial charge is 0.309 e. The second-order valence-electron chi connectivity index (χ2n) is 14.9. The van der Waals surface area contributed by atoms with Gasteiger partial charge in [0, 0.05) is 49.4 Å². The smallest absolute Gasteiger partial charge is 0.0641 e. The Morgan fingerprint density at radius 2 is 0.667 bits per heavy atom. The van der Waals surface area contributed by atoms with E-state index in [4.69, 9.17) is 0 Å². The molecule has 12 aromatic rings. The van der Waals surface area contributed by atoms with E-state index in [0.29, 0.717) is 0 Å². The van der Waals surface area contributed by atoms with E-state index in [2.05, 4.69) is 226 Å². The van der Waals surface area contributed by atoms with Crippen molar-refractivity contribution in [1.29, 1.82) is 0 Å². The average molecular weight is 726 g/mol. The van der Waals surface area contributed by atoms with Crippen molar-refractivity contribution in [3.8, 4) is 39.3 Å². The fourth-order valence-corrected chi connectivity index (χ4v) is 9.32. The van der Waals surface area contributed by atoms with Crippen LogP contribution >= 0.6 is 0 Å². The number of fused-ring (bicyclic) bond motifs is 10. The van der Waals surface area contributed by atoms with E-state index in [1.54, 1.807) is 0 Å². The number of benzene rings is 9. The molecule has 266 valence electrons. The Labute approximate surface area is 329 Å². The van der Waals surface area contributed by atoms with Crippen molar-refractivity contribution < 1.29 is 0 Å². The minimum atomic E-state index is 1.14. The summed E-state index contributed by atoms with van der Waals surface area (Å²) in [5.74, 6) is 0. The molecule has 3 aromatic heterocycles. The van der Waals surface area contributed by atoms with E-state index in [1.165, 1.54) is 87.7 Å². The van der Waals surface area contributed by atoms with Crippen LogP contribution in [0.15, 0.2) is 212 Å². The third-order valence-corrected chi connectivity index (χ3v) is 11.8. The average Bonchev–Trinajstić information content (AvgIpc) is 3.93. The summed E-state index contributed by atoms with van der Waals surface area (Å²) in [5, 5.41) is 7.56. The predicted octanol–water partition coefficient (Wildman–Crippen LogP) is 14.3. The van der Waals surface area contributed by atoms with Crippen molar-refractivity contribution >= 4 is 65.4 Å². The number of hydrogen-bond donors (Lipinski definition) is 0. The maximum absolute atomic E-state index is 2.47. The Kier molecular flexibility index (Phi) is 6.93. The third kappa shape index (κ3) is 4.79. The fraction of sp³-hybridized carbons (Fsp3) is 0. The molecule has 0 N–H and O–H groups in total. The van der Waals surface area contributed by atoms with Gasteiger partial charge in [-0.2, -0.15) is 0 Å². The minimum absolute atomic E-state index is 1.14. The lowest BCUT2D eigenvalue weighted by atomic mass is 10.0. The number of hydrogen-bond acceptors (Lipinski definition) is 0. The molecular weight excluding hydrogens is 691 g/mol. The van der Waals surface area contributed by atoms with Gasteiger partial charge in [0.05, 0.1) is 33.1 Å². The molecule has 0 fully saturated rings. The Morgan fingerprint density at radius 3 is 1.26 bits per heavy atom. The van der Waals surface area contributed by atoms with Crippen LogP contribution in [0.1, 0.15) is 0 Å². The molecule has 9 aromatic carbocycles. The highest BCUT2D eigenvalue weighted by Crippen LogP contribution is 2.42. The molecule has 3 heterocycles. The van der Waals surface area contributed by atoms with Crippen molar-refractivity contribution in [2.75, 3.05) is 0 Å². The lowest BCUT2D eigenvalue weighted by molar-refractivity contribution is 1.17. The highest BCUT2D eigenvalue weighted by Gasteiger charge is 2.21. The summed E-state index contributed by atoms with van der Waals surface area (Å²) in [6, 6.07) is 77.3. The SMILES string of the molecule is c1ccc(-c2cccc(-n3c4ccccc4c4ccc5c(c6ccccc6n5-c5ccc(-c6ccc(-n7c8ccccc8c8ccccc87)cc6)cc5)c43)c2)cc1. The Balaban J connectivity index is 0.997. The van der Waals surface area contributed by atoms with Crippen molar-refractivity contribution in [2.45, 2.75) is 0 Å². The van der Waals surface area contributed by atoms with Gasteiger partial charge in [0.15, 0.2) is 0 Å². The molecule has 0 spiro atoms. The van der Waals surface area contributed by atoms with Gasteiger partial charge >= 0.3 is 0 Å². The van der Waals surface area contributed by atoms with Gasteiger partial charge in [0.25, 0.3) is 0 Å². The van der Waals surface area contributed by atoms with E-state index < -0.39 is 0 Å². The summed E-state index contributed by atoms with van der Waals surface area (Å²) in [6.45, 7) is 0. The molecule has 0 aliphatic rings. The first kappa shape index (κ1) is 31.7. The summed E-state index contributed by atoms with van der Waals surface area (Å²) < 4.78 is 7.28. The number of nitrogens with zero attached hydrogens (tertiary/aromatic N) is 3. The van der Waals surface area contributed by atoms with Gasteiger partial charge in [-0.3, -0.25) is 0 Å². The van der Waals surface area contributed by atoms with Gasteiger partial charge in [0.2, 0.25) is 0 Å². The molecule has 0 aliphatic carbocycles. The van der Waals surface area contributed by atoms with E-state index >= 15 is 0 Å². The van der Waals surface area contributed by atoms with Crippen LogP contribution in [0.5, 0.6) is 0 Å². The number of para-hydroxylation sites is 4. The highest BCUT2D eigenvalue weighted by molar-refractivity contribution is 6.26. The monoisotopic (exact) mass is 725 g/mol. The van der Waals surface area contributed by atoms with E-state index in [1.807, 2.05) is 0 Å². The first-order valence-corrected chi connectivity index (χ1v) is 19.6. The highest BCUT2D eigenvalue weighted by atomic mass is 15.0. The van der Waals surface area contributed by atoms with Gasteiger partial charge < -0.3 is 13.7 Å². The maximum atomic E-state index is 2.47. The van der Waals surface area contributed by atoms with Gasteiger partial charge in [-0.25, -0.2) is 0 Å². The Bertz CT molecular complexity index is 3440. The molecule has 0 bridgehead atoms. The molecule has 0 aliphatic heterocycles. The quantitative estimate of drug-likeness (QED) is 0.168. The second-order valence-corrected chi connectivity index (χ2v) is 14.9. The molecule has 0 atom stereocenters. The Morgan fingerprint density at radius 1 is 0.228 bits per heavy atom. The van der Waals surface area contributed by atoms with Crippen LogP contribution in [0.4, 0.5) is 0 Å². The molecule has 0 unspecified atom stereocenters. The number of aromatic nitrogens is 3. The van der Waals surface area contributed by atoms with Gasteiger partial charge in [0.1, 0.15) is 0 Å². The van der Waals surface area contributed by atoms with Crippen molar-refractivity contribution in [2.24, 2.45) is 0 Å². The molecule has 0 saturated carbocycles. The summed E-state index contributed by atoms with van der Waals surface area (Å²) in [4.78, 5) is 0. The van der Waals surface area contributed by atoms with E-state index in [9.17, 15) is 0 Å². The first-order chi connectivity index (χ1) is 28.3. The first-order valence-electron chi connectivity index (χ1n) is 19.6. The number of rotatable bonds is 5. The molecule has 0 saturated heterocycles. The van der Waals surface area contributed by atoms with E-state index in [0.717, 1.165) is 17.1 Å². The normalized spacial score (nSPS) is 11.9. The standard InChI is InChI=1S/C54H35N3/c1-2-13-36(14-3-1)39-15-12-16-42(35-39)57-50-23-10-6-19-45(50)46-33-34-52-53(54(46)57)47-20-7-11-24-51(47)56(52)41-31-27-38(28-32-41)37-25-29-40(30-26-37)55-48-21-8-4-17-43(48)44-18-5-9-22-49(44)55/h1-35H. The second kappa shape index (κ2) is 12.5. The molecule has 3 nitrogen and oxygen atoms in total. The van der Waals surface area contributed by atoms with Gasteiger partial charge in [-0.05, 0) is 89.0 Å². The topological polar surface area (TPSA) is 14.8 Å². The molecule has 0 amide bonds. The molecule has 3 heteroatoms. The predicted molar refractivity (Wildman–Crippen MR) is 240 cm³/mol. The van der Waals surface area contributed by atoms with Crippen LogP contribution in [0.2, 0.25) is 0 Å². The van der Waals surface area contributed by atoms with E-state index in [-0.39, 0.29) is 0 Å². The van der Waals surface area contributed by atoms with Gasteiger partial charge in [-0.15, -0.1) is 0 Å². The molecule has 57 heavy (non-hydrogen) atoms. The van der Waals surface area contributed by atoms with Crippen molar-refractivity contribution in [3.63, 3.8) is 0 Å². The van der Waals surface area contributed by atoms with Crippen molar-refractivity contribution in [3.05, 3.63) is 212 Å². The lowest BCUT2D eigenvalue weighted by Gasteiger charge is -2.12. The zero-order valence-electron chi connectivity index (χ0n) is 31.0. The molecule has 12 rings (SSSR count). The summed E-state index contributed by atoms with van der Waals surface area (Å²) >= 11 is 0. The van der Waals surface area contributed by atoms with Crippen LogP contribution < -0.4 is 0 Å². The zero-order valence-corrected chi connectivity index (χ0v) is 31.0. The van der Waals surface area contributed by atoms with Crippen LogP contribution in [0.3, 0.4) is 0 Å². The molecule has 0 radical (unpaired) electrons.